The Kier molecular flexibility index (Phi) is 6.61. The summed E-state index contributed by atoms with van der Waals surface area (Å²) in [7, 11) is 0. The van der Waals surface area contributed by atoms with E-state index in [1.54, 1.807) is 0 Å². The second kappa shape index (κ2) is 7.49. The van der Waals surface area contributed by atoms with Crippen LogP contribution in [0.5, 0.6) is 0 Å². The van der Waals surface area contributed by atoms with Crippen molar-refractivity contribution in [1.29, 1.82) is 0 Å². The number of ether oxygens (including phenoxy) is 1. The molecule has 1 aromatic carbocycles. The monoisotopic (exact) mass is 303 g/mol. The molecule has 2 nitrogen and oxygen atoms in total. The molecule has 19 heavy (non-hydrogen) atoms. The van der Waals surface area contributed by atoms with Crippen LogP contribution in [0.4, 0.5) is 0 Å². The summed E-state index contributed by atoms with van der Waals surface area (Å²) in [5, 5.41) is 0.864. The predicted octanol–water partition coefficient (Wildman–Crippen LogP) is 3.94. The van der Waals surface area contributed by atoms with Crippen molar-refractivity contribution in [3.8, 4) is 0 Å². The van der Waals surface area contributed by atoms with Crippen molar-refractivity contribution < 1.29 is 4.74 Å². The maximum atomic E-state index is 6.39. The second-order valence-corrected chi connectivity index (χ2v) is 5.65. The summed E-state index contributed by atoms with van der Waals surface area (Å²) in [5.74, 6) is 0. The molecule has 1 fully saturated rings. The third kappa shape index (κ3) is 3.85. The molecule has 4 heteroatoms. The topological polar surface area (TPSA) is 35.2 Å². The third-order valence-corrected chi connectivity index (χ3v) is 4.40. The van der Waals surface area contributed by atoms with Crippen LogP contribution in [-0.2, 0) is 10.2 Å². The largest absolute Gasteiger partial charge is 0.381 e. The van der Waals surface area contributed by atoms with Crippen LogP contribution in [-0.4, -0.2) is 19.3 Å². The van der Waals surface area contributed by atoms with Crippen LogP contribution < -0.4 is 5.73 Å². The van der Waals surface area contributed by atoms with E-state index >= 15 is 0 Å². The minimum absolute atomic E-state index is 0. The van der Waals surface area contributed by atoms with E-state index in [1.165, 1.54) is 5.56 Å². The van der Waals surface area contributed by atoms with Gasteiger partial charge in [0.25, 0.3) is 0 Å². The number of benzene rings is 1. The highest BCUT2D eigenvalue weighted by Gasteiger charge is 2.36. The van der Waals surface area contributed by atoms with Gasteiger partial charge in [0, 0.05) is 29.7 Å². The average Bonchev–Trinajstić information content (AvgIpc) is 2.40. The molecule has 0 aliphatic carbocycles. The van der Waals surface area contributed by atoms with Gasteiger partial charge in [-0.1, -0.05) is 36.7 Å². The molecule has 0 saturated carbocycles. The van der Waals surface area contributed by atoms with E-state index in [0.29, 0.717) is 0 Å². The third-order valence-electron chi connectivity index (χ3n) is 4.07. The molecule has 1 aliphatic heterocycles. The molecule has 0 radical (unpaired) electrons. The summed E-state index contributed by atoms with van der Waals surface area (Å²) in [4.78, 5) is 0. The summed E-state index contributed by atoms with van der Waals surface area (Å²) in [6, 6.07) is 8.41. The summed E-state index contributed by atoms with van der Waals surface area (Å²) in [6.07, 6.45) is 4.04. The molecule has 1 aliphatic rings. The summed E-state index contributed by atoms with van der Waals surface area (Å²) in [5.41, 5.74) is 7.54. The lowest BCUT2D eigenvalue weighted by Gasteiger charge is -2.40. The molecular weight excluding hydrogens is 281 g/mol. The highest BCUT2D eigenvalue weighted by Crippen LogP contribution is 2.42. The number of nitrogens with two attached hydrogens (primary N) is 1. The molecule has 0 bridgehead atoms. The normalized spacial score (nSPS) is 19.5. The molecular formula is C15H23Cl2NO. The number of hydrogen-bond donors (Lipinski definition) is 1. The van der Waals surface area contributed by atoms with Crippen LogP contribution in [0.25, 0.3) is 0 Å². The highest BCUT2D eigenvalue weighted by atomic mass is 35.5. The highest BCUT2D eigenvalue weighted by molar-refractivity contribution is 6.31. The van der Waals surface area contributed by atoms with Gasteiger partial charge >= 0.3 is 0 Å². The van der Waals surface area contributed by atoms with Crippen LogP contribution in [0.3, 0.4) is 0 Å². The van der Waals surface area contributed by atoms with Crippen molar-refractivity contribution in [1.82, 2.24) is 0 Å². The minimum atomic E-state index is 0. The van der Waals surface area contributed by atoms with Crippen molar-refractivity contribution in [2.24, 2.45) is 5.73 Å². The first-order chi connectivity index (χ1) is 8.68. The Bertz CT molecular complexity index is 391. The van der Waals surface area contributed by atoms with Gasteiger partial charge in [0.2, 0.25) is 0 Å². The fraction of sp³-hybridized carbons (Fsp3) is 0.600. The van der Waals surface area contributed by atoms with Crippen LogP contribution >= 0.6 is 24.0 Å². The van der Waals surface area contributed by atoms with Crippen molar-refractivity contribution in [3.05, 3.63) is 34.9 Å². The zero-order valence-electron chi connectivity index (χ0n) is 11.4. The van der Waals surface area contributed by atoms with E-state index in [2.05, 4.69) is 19.1 Å². The molecule has 1 heterocycles. The zero-order chi connectivity index (χ0) is 13.0. The Morgan fingerprint density at radius 3 is 2.53 bits per heavy atom. The molecule has 108 valence electrons. The van der Waals surface area contributed by atoms with Gasteiger partial charge in [-0.15, -0.1) is 12.4 Å². The van der Waals surface area contributed by atoms with Gasteiger partial charge in [-0.3, -0.25) is 0 Å². The zero-order valence-corrected chi connectivity index (χ0v) is 13.0. The van der Waals surface area contributed by atoms with Gasteiger partial charge in [-0.25, -0.2) is 0 Å². The van der Waals surface area contributed by atoms with E-state index in [0.717, 1.165) is 43.9 Å². The second-order valence-electron chi connectivity index (χ2n) is 5.25. The van der Waals surface area contributed by atoms with E-state index in [1.807, 2.05) is 12.1 Å². The van der Waals surface area contributed by atoms with Gasteiger partial charge < -0.3 is 10.5 Å². The first-order valence-electron chi connectivity index (χ1n) is 6.76. The van der Waals surface area contributed by atoms with Crippen LogP contribution in [0, 0.1) is 0 Å². The number of hydrogen-bond acceptors (Lipinski definition) is 2. The molecule has 0 amide bonds. The van der Waals surface area contributed by atoms with Gasteiger partial charge in [-0.05, 0) is 37.3 Å². The Hall–Kier alpha value is -0.280. The fourth-order valence-corrected chi connectivity index (χ4v) is 3.22. The summed E-state index contributed by atoms with van der Waals surface area (Å²) >= 11 is 6.39. The summed E-state index contributed by atoms with van der Waals surface area (Å²) < 4.78 is 5.52. The van der Waals surface area contributed by atoms with Gasteiger partial charge in [0.15, 0.2) is 0 Å². The Morgan fingerprint density at radius 1 is 1.32 bits per heavy atom. The van der Waals surface area contributed by atoms with E-state index in [4.69, 9.17) is 22.1 Å². The minimum Gasteiger partial charge on any atom is -0.381 e. The van der Waals surface area contributed by atoms with Crippen molar-refractivity contribution >= 4 is 24.0 Å². The lowest BCUT2D eigenvalue weighted by Crippen LogP contribution is -2.39. The average molecular weight is 304 g/mol. The lowest BCUT2D eigenvalue weighted by atomic mass is 9.70. The van der Waals surface area contributed by atoms with Crippen molar-refractivity contribution in [3.63, 3.8) is 0 Å². The Labute approximate surface area is 127 Å². The standard InChI is InChI=1S/C15H22ClNO.ClH/c1-2-12(17)11-15(7-9-18-10-8-15)13-5-3-4-6-14(13)16;/h3-6,12H,2,7-11,17H2,1H3;1H. The van der Waals surface area contributed by atoms with E-state index in [-0.39, 0.29) is 23.9 Å². The number of halogens is 2. The SMILES string of the molecule is CCC(N)CC1(c2ccccc2Cl)CCOCC1.Cl. The van der Waals surface area contributed by atoms with Crippen molar-refractivity contribution in [2.45, 2.75) is 44.1 Å². The van der Waals surface area contributed by atoms with E-state index < -0.39 is 0 Å². The van der Waals surface area contributed by atoms with Gasteiger partial charge in [0.05, 0.1) is 0 Å². The van der Waals surface area contributed by atoms with Crippen LogP contribution in [0.15, 0.2) is 24.3 Å². The quantitative estimate of drug-likeness (QED) is 0.914. The molecule has 1 aromatic rings. The maximum Gasteiger partial charge on any atom is 0.0474 e. The molecule has 1 unspecified atom stereocenters. The predicted molar refractivity (Wildman–Crippen MR) is 83.3 cm³/mol. The van der Waals surface area contributed by atoms with Gasteiger partial charge in [-0.2, -0.15) is 0 Å². The molecule has 0 aromatic heterocycles. The number of rotatable bonds is 4. The van der Waals surface area contributed by atoms with Crippen LogP contribution in [0.2, 0.25) is 5.02 Å². The Balaban J connectivity index is 0.00000180. The smallest absolute Gasteiger partial charge is 0.0474 e. The van der Waals surface area contributed by atoms with E-state index in [9.17, 15) is 0 Å². The fourth-order valence-electron chi connectivity index (χ4n) is 2.88. The molecule has 1 saturated heterocycles. The maximum absolute atomic E-state index is 6.39. The molecule has 2 rings (SSSR count). The van der Waals surface area contributed by atoms with Crippen molar-refractivity contribution in [2.75, 3.05) is 13.2 Å². The molecule has 1 atom stereocenters. The first-order valence-corrected chi connectivity index (χ1v) is 7.14. The van der Waals surface area contributed by atoms with Gasteiger partial charge in [0.1, 0.15) is 0 Å². The summed E-state index contributed by atoms with van der Waals surface area (Å²) in [6.45, 7) is 3.76. The Morgan fingerprint density at radius 2 is 1.95 bits per heavy atom. The molecule has 2 N–H and O–H groups in total. The first kappa shape index (κ1) is 16.8. The lowest BCUT2D eigenvalue weighted by molar-refractivity contribution is 0.0442. The van der Waals surface area contributed by atoms with Crippen LogP contribution in [0.1, 0.15) is 38.2 Å². The molecule has 0 spiro atoms.